The summed E-state index contributed by atoms with van der Waals surface area (Å²) in [5.74, 6) is -1.53. The van der Waals surface area contributed by atoms with E-state index in [0.717, 1.165) is 4.57 Å². The normalized spacial score (nSPS) is 10.9. The smallest absolute Gasteiger partial charge is 0.264 e. The number of benzene rings is 2. The van der Waals surface area contributed by atoms with Crippen molar-refractivity contribution in [2.45, 2.75) is 6.54 Å². The Morgan fingerprint density at radius 1 is 1.07 bits per heavy atom. The van der Waals surface area contributed by atoms with Crippen LogP contribution in [0.2, 0.25) is 0 Å². The first-order valence-corrected chi connectivity index (χ1v) is 8.26. The minimum Gasteiger partial charge on any atom is -0.322 e. The maximum atomic E-state index is 13.6. The highest BCUT2D eigenvalue weighted by Gasteiger charge is 2.14. The van der Waals surface area contributed by atoms with Crippen molar-refractivity contribution in [3.05, 3.63) is 83.0 Å². The fraction of sp³-hybridized carbons (Fsp3) is 0.0526. The van der Waals surface area contributed by atoms with E-state index in [9.17, 15) is 18.4 Å². The van der Waals surface area contributed by atoms with E-state index in [2.05, 4.69) is 15.4 Å². The summed E-state index contributed by atoms with van der Waals surface area (Å²) in [7, 11) is 0. The van der Waals surface area contributed by atoms with Gasteiger partial charge in [-0.25, -0.2) is 18.4 Å². The molecule has 7 nitrogen and oxygen atoms in total. The Balaban J connectivity index is 1.62. The van der Waals surface area contributed by atoms with Crippen LogP contribution < -0.4 is 10.9 Å². The molecular formula is C19H13F2N5O2. The first-order chi connectivity index (χ1) is 13.5. The van der Waals surface area contributed by atoms with Crippen molar-refractivity contribution in [3.63, 3.8) is 0 Å². The summed E-state index contributed by atoms with van der Waals surface area (Å²) in [6, 6.07) is 11.3. The van der Waals surface area contributed by atoms with E-state index in [1.807, 2.05) is 0 Å². The summed E-state index contributed by atoms with van der Waals surface area (Å²) in [6.45, 7) is -0.335. The van der Waals surface area contributed by atoms with Crippen LogP contribution in [-0.2, 0) is 11.3 Å². The second kappa shape index (κ2) is 7.03. The number of hydrogen-bond acceptors (Lipinski definition) is 4. The van der Waals surface area contributed by atoms with Crippen LogP contribution in [0.15, 0.2) is 65.8 Å². The highest BCUT2D eigenvalue weighted by molar-refractivity contribution is 5.90. The van der Waals surface area contributed by atoms with E-state index in [0.29, 0.717) is 5.69 Å². The summed E-state index contributed by atoms with van der Waals surface area (Å²) < 4.78 is 29.2. The quantitative estimate of drug-likeness (QED) is 0.589. The molecule has 0 saturated heterocycles. The van der Waals surface area contributed by atoms with Crippen LogP contribution >= 0.6 is 0 Å². The summed E-state index contributed by atoms with van der Waals surface area (Å²) in [6.07, 6.45) is 2.55. The Bertz CT molecular complexity index is 1230. The predicted molar refractivity (Wildman–Crippen MR) is 98.1 cm³/mol. The van der Waals surface area contributed by atoms with Gasteiger partial charge in [0.15, 0.2) is 5.65 Å². The summed E-state index contributed by atoms with van der Waals surface area (Å²) >= 11 is 0. The Kier molecular flexibility index (Phi) is 4.40. The van der Waals surface area contributed by atoms with Gasteiger partial charge in [-0.15, -0.1) is 0 Å². The third kappa shape index (κ3) is 3.25. The SMILES string of the molecule is O=C(Cn1cnc2c(cnn2-c2ccc(F)cc2)c1=O)Nc1ccccc1F. The van der Waals surface area contributed by atoms with Crippen molar-refractivity contribution in [3.8, 4) is 5.69 Å². The summed E-state index contributed by atoms with van der Waals surface area (Å²) in [4.78, 5) is 29.0. The molecule has 4 aromatic rings. The van der Waals surface area contributed by atoms with Gasteiger partial charge in [0.1, 0.15) is 29.9 Å². The monoisotopic (exact) mass is 381 g/mol. The average Bonchev–Trinajstić information content (AvgIpc) is 3.11. The molecular weight excluding hydrogens is 368 g/mol. The first kappa shape index (κ1) is 17.5. The van der Waals surface area contributed by atoms with Crippen molar-refractivity contribution in [1.29, 1.82) is 0 Å². The number of para-hydroxylation sites is 1. The molecule has 0 aliphatic carbocycles. The topological polar surface area (TPSA) is 81.8 Å². The number of anilines is 1. The van der Waals surface area contributed by atoms with Crippen molar-refractivity contribution in [1.82, 2.24) is 19.3 Å². The molecule has 1 N–H and O–H groups in total. The number of nitrogens with zero attached hydrogens (tertiary/aromatic N) is 4. The van der Waals surface area contributed by atoms with Gasteiger partial charge in [-0.1, -0.05) is 12.1 Å². The van der Waals surface area contributed by atoms with E-state index in [-0.39, 0.29) is 23.3 Å². The maximum absolute atomic E-state index is 13.6. The zero-order valence-corrected chi connectivity index (χ0v) is 14.3. The second-order valence-electron chi connectivity index (χ2n) is 5.98. The molecule has 0 fully saturated rings. The molecule has 2 aromatic heterocycles. The Morgan fingerprint density at radius 3 is 2.57 bits per heavy atom. The molecule has 0 radical (unpaired) electrons. The van der Waals surface area contributed by atoms with Gasteiger partial charge in [0.2, 0.25) is 5.91 Å². The third-order valence-electron chi connectivity index (χ3n) is 4.09. The van der Waals surface area contributed by atoms with E-state index in [1.54, 1.807) is 6.07 Å². The highest BCUT2D eigenvalue weighted by atomic mass is 19.1. The van der Waals surface area contributed by atoms with E-state index < -0.39 is 23.1 Å². The van der Waals surface area contributed by atoms with Crippen LogP contribution in [0.1, 0.15) is 0 Å². The number of hydrogen-bond donors (Lipinski definition) is 1. The minimum absolute atomic E-state index is 0.0266. The molecule has 0 atom stereocenters. The van der Waals surface area contributed by atoms with Gasteiger partial charge in [0, 0.05) is 0 Å². The molecule has 0 aliphatic rings. The number of carbonyl (C=O) groups is 1. The zero-order valence-electron chi connectivity index (χ0n) is 14.3. The van der Waals surface area contributed by atoms with Crippen LogP contribution in [0.5, 0.6) is 0 Å². The fourth-order valence-corrected chi connectivity index (χ4v) is 2.74. The number of halogens is 2. The number of fused-ring (bicyclic) bond motifs is 1. The van der Waals surface area contributed by atoms with Gasteiger partial charge < -0.3 is 5.32 Å². The molecule has 2 aromatic carbocycles. The predicted octanol–water partition coefficient (Wildman–Crippen LogP) is 2.50. The molecule has 4 rings (SSSR count). The lowest BCUT2D eigenvalue weighted by molar-refractivity contribution is -0.116. The Hall–Kier alpha value is -3.88. The van der Waals surface area contributed by atoms with Crippen LogP contribution in [0.25, 0.3) is 16.7 Å². The number of rotatable bonds is 4. The Labute approximate surface area is 156 Å². The van der Waals surface area contributed by atoms with Crippen LogP contribution in [0.4, 0.5) is 14.5 Å². The standard InChI is InChI=1S/C19H13F2N5O2/c20-12-5-7-13(8-6-12)26-18-14(9-23-26)19(28)25(11-22-18)10-17(27)24-16-4-2-1-3-15(16)21/h1-9,11H,10H2,(H,24,27). The lowest BCUT2D eigenvalue weighted by atomic mass is 10.3. The minimum atomic E-state index is -0.572. The van der Waals surface area contributed by atoms with Gasteiger partial charge >= 0.3 is 0 Å². The largest absolute Gasteiger partial charge is 0.322 e. The lowest BCUT2D eigenvalue weighted by Gasteiger charge is -2.08. The zero-order chi connectivity index (χ0) is 19.7. The summed E-state index contributed by atoms with van der Waals surface area (Å²) in [5.41, 5.74) is 0.376. The average molecular weight is 381 g/mol. The lowest BCUT2D eigenvalue weighted by Crippen LogP contribution is -2.28. The van der Waals surface area contributed by atoms with E-state index in [1.165, 1.54) is 59.7 Å². The molecule has 140 valence electrons. The highest BCUT2D eigenvalue weighted by Crippen LogP contribution is 2.15. The molecule has 0 unspecified atom stereocenters. The van der Waals surface area contributed by atoms with Crippen molar-refractivity contribution in [2.24, 2.45) is 0 Å². The molecule has 0 saturated carbocycles. The van der Waals surface area contributed by atoms with Crippen molar-refractivity contribution < 1.29 is 13.6 Å². The molecule has 28 heavy (non-hydrogen) atoms. The number of nitrogens with one attached hydrogen (secondary N) is 1. The second-order valence-corrected chi connectivity index (χ2v) is 5.98. The van der Waals surface area contributed by atoms with Gasteiger partial charge in [-0.05, 0) is 36.4 Å². The summed E-state index contributed by atoms with van der Waals surface area (Å²) in [5, 5.41) is 6.74. The molecule has 0 aliphatic heterocycles. The van der Waals surface area contributed by atoms with E-state index >= 15 is 0 Å². The number of aromatic nitrogens is 4. The van der Waals surface area contributed by atoms with Crippen LogP contribution in [0, 0.1) is 11.6 Å². The van der Waals surface area contributed by atoms with Crippen LogP contribution in [0.3, 0.4) is 0 Å². The third-order valence-corrected chi connectivity index (χ3v) is 4.09. The van der Waals surface area contributed by atoms with Gasteiger partial charge in [0.05, 0.1) is 17.6 Å². The van der Waals surface area contributed by atoms with Crippen molar-refractivity contribution in [2.75, 3.05) is 5.32 Å². The molecule has 1 amide bonds. The van der Waals surface area contributed by atoms with Gasteiger partial charge in [-0.3, -0.25) is 14.2 Å². The van der Waals surface area contributed by atoms with Gasteiger partial charge in [-0.2, -0.15) is 5.10 Å². The molecule has 9 heteroatoms. The van der Waals surface area contributed by atoms with Crippen LogP contribution in [-0.4, -0.2) is 25.2 Å². The molecule has 0 bridgehead atoms. The number of carbonyl (C=O) groups excluding carboxylic acids is 1. The molecule has 0 spiro atoms. The first-order valence-electron chi connectivity index (χ1n) is 8.26. The number of amides is 1. The fourth-order valence-electron chi connectivity index (χ4n) is 2.74. The van der Waals surface area contributed by atoms with Gasteiger partial charge in [0.25, 0.3) is 5.56 Å². The Morgan fingerprint density at radius 2 is 1.82 bits per heavy atom. The molecule has 2 heterocycles. The van der Waals surface area contributed by atoms with Crippen molar-refractivity contribution >= 4 is 22.6 Å². The van der Waals surface area contributed by atoms with E-state index in [4.69, 9.17) is 0 Å². The maximum Gasteiger partial charge on any atom is 0.264 e.